The van der Waals surface area contributed by atoms with Gasteiger partial charge in [-0.05, 0) is 37.7 Å². The van der Waals surface area contributed by atoms with E-state index in [1.165, 1.54) is 0 Å². The van der Waals surface area contributed by atoms with Crippen LogP contribution in [-0.4, -0.2) is 42.8 Å². The van der Waals surface area contributed by atoms with E-state index in [0.29, 0.717) is 18.1 Å². The molecule has 1 aromatic carbocycles. The standard InChI is InChI=1S/C18H26N4O3/c1-5-22(6-2)16(14-8-7-9-15(11-14)24-4)12-19-18(23)20-17-10-13(3)25-21-17/h7-11,16H,5-6,12H2,1-4H3,(H2,19,20,21,23). The molecule has 1 aromatic heterocycles. The predicted octanol–water partition coefficient (Wildman–Crippen LogP) is 3.20. The Morgan fingerprint density at radius 3 is 2.68 bits per heavy atom. The molecule has 0 saturated carbocycles. The number of aryl methyl sites for hydroxylation is 1. The van der Waals surface area contributed by atoms with Crippen LogP contribution in [0.2, 0.25) is 0 Å². The van der Waals surface area contributed by atoms with Crippen LogP contribution >= 0.6 is 0 Å². The van der Waals surface area contributed by atoms with Gasteiger partial charge in [0, 0.05) is 12.6 Å². The molecule has 7 heteroatoms. The van der Waals surface area contributed by atoms with E-state index in [-0.39, 0.29) is 12.1 Å². The van der Waals surface area contributed by atoms with Crippen molar-refractivity contribution in [3.8, 4) is 5.75 Å². The van der Waals surface area contributed by atoms with Crippen molar-refractivity contribution < 1.29 is 14.1 Å². The Morgan fingerprint density at radius 1 is 1.32 bits per heavy atom. The number of hydrogen-bond donors (Lipinski definition) is 2. The van der Waals surface area contributed by atoms with Crippen molar-refractivity contribution in [2.45, 2.75) is 26.8 Å². The fraction of sp³-hybridized carbons (Fsp3) is 0.444. The molecule has 0 bridgehead atoms. The van der Waals surface area contributed by atoms with E-state index in [1.807, 2.05) is 24.3 Å². The van der Waals surface area contributed by atoms with E-state index in [0.717, 1.165) is 24.4 Å². The van der Waals surface area contributed by atoms with Gasteiger partial charge in [0.2, 0.25) is 0 Å². The van der Waals surface area contributed by atoms with Crippen LogP contribution in [0.4, 0.5) is 10.6 Å². The van der Waals surface area contributed by atoms with E-state index in [4.69, 9.17) is 9.26 Å². The first kappa shape index (κ1) is 18.8. The fourth-order valence-electron chi connectivity index (χ4n) is 2.75. The molecule has 2 amide bonds. The minimum Gasteiger partial charge on any atom is -0.497 e. The SMILES string of the molecule is CCN(CC)C(CNC(=O)Nc1cc(C)on1)c1cccc(OC)c1. The molecule has 1 heterocycles. The zero-order chi connectivity index (χ0) is 18.2. The Bertz CT molecular complexity index is 682. The van der Waals surface area contributed by atoms with Gasteiger partial charge in [0.05, 0.1) is 13.2 Å². The van der Waals surface area contributed by atoms with Crippen molar-refractivity contribution in [2.75, 3.05) is 32.1 Å². The van der Waals surface area contributed by atoms with Gasteiger partial charge in [0.15, 0.2) is 5.82 Å². The quantitative estimate of drug-likeness (QED) is 0.767. The normalized spacial score (nSPS) is 12.0. The van der Waals surface area contributed by atoms with Crippen molar-refractivity contribution in [2.24, 2.45) is 0 Å². The molecular formula is C18H26N4O3. The molecule has 0 aliphatic heterocycles. The van der Waals surface area contributed by atoms with Crippen molar-refractivity contribution in [3.05, 3.63) is 41.7 Å². The summed E-state index contributed by atoms with van der Waals surface area (Å²) in [5.41, 5.74) is 1.10. The Labute approximate surface area is 148 Å². The van der Waals surface area contributed by atoms with Crippen LogP contribution in [0.15, 0.2) is 34.9 Å². The lowest BCUT2D eigenvalue weighted by Gasteiger charge is -2.30. The largest absolute Gasteiger partial charge is 0.497 e. The van der Waals surface area contributed by atoms with Crippen molar-refractivity contribution in [3.63, 3.8) is 0 Å². The van der Waals surface area contributed by atoms with Crippen LogP contribution < -0.4 is 15.4 Å². The summed E-state index contributed by atoms with van der Waals surface area (Å²) in [6.45, 7) is 8.21. The molecule has 2 N–H and O–H groups in total. The highest BCUT2D eigenvalue weighted by molar-refractivity contribution is 5.88. The highest BCUT2D eigenvalue weighted by Crippen LogP contribution is 2.23. The first-order valence-corrected chi connectivity index (χ1v) is 8.43. The lowest BCUT2D eigenvalue weighted by atomic mass is 10.0. The summed E-state index contributed by atoms with van der Waals surface area (Å²) in [5, 5.41) is 9.34. The first-order valence-electron chi connectivity index (χ1n) is 8.43. The predicted molar refractivity (Wildman–Crippen MR) is 96.9 cm³/mol. The summed E-state index contributed by atoms with van der Waals surface area (Å²) in [6.07, 6.45) is 0. The molecule has 0 fully saturated rings. The number of ether oxygens (including phenoxy) is 1. The summed E-state index contributed by atoms with van der Waals surface area (Å²) in [7, 11) is 1.65. The summed E-state index contributed by atoms with van der Waals surface area (Å²) in [4.78, 5) is 14.4. The highest BCUT2D eigenvalue weighted by atomic mass is 16.5. The highest BCUT2D eigenvalue weighted by Gasteiger charge is 2.19. The molecule has 25 heavy (non-hydrogen) atoms. The monoisotopic (exact) mass is 346 g/mol. The molecule has 2 rings (SSSR count). The van der Waals surface area contributed by atoms with Gasteiger partial charge in [-0.15, -0.1) is 0 Å². The minimum absolute atomic E-state index is 0.0508. The number of hydrogen-bond acceptors (Lipinski definition) is 5. The summed E-state index contributed by atoms with van der Waals surface area (Å²) >= 11 is 0. The number of urea groups is 1. The van der Waals surface area contributed by atoms with E-state index >= 15 is 0 Å². The van der Waals surface area contributed by atoms with Crippen LogP contribution in [-0.2, 0) is 0 Å². The number of carbonyl (C=O) groups excluding carboxylic acids is 1. The molecule has 1 unspecified atom stereocenters. The van der Waals surface area contributed by atoms with Crippen molar-refractivity contribution in [1.82, 2.24) is 15.4 Å². The van der Waals surface area contributed by atoms with Crippen LogP contribution in [0.3, 0.4) is 0 Å². The molecule has 0 aliphatic carbocycles. The van der Waals surface area contributed by atoms with Crippen LogP contribution in [0.5, 0.6) is 5.75 Å². The Morgan fingerprint density at radius 2 is 2.08 bits per heavy atom. The van der Waals surface area contributed by atoms with Crippen molar-refractivity contribution in [1.29, 1.82) is 0 Å². The van der Waals surface area contributed by atoms with Gasteiger partial charge in [-0.3, -0.25) is 10.2 Å². The molecule has 0 saturated heterocycles. The maximum atomic E-state index is 12.1. The number of rotatable bonds is 8. The Balaban J connectivity index is 2.06. The van der Waals surface area contributed by atoms with Crippen molar-refractivity contribution >= 4 is 11.8 Å². The molecule has 2 aromatic rings. The third kappa shape index (κ3) is 5.22. The van der Waals surface area contributed by atoms with Gasteiger partial charge in [-0.1, -0.05) is 31.1 Å². The maximum Gasteiger partial charge on any atom is 0.320 e. The van der Waals surface area contributed by atoms with Crippen LogP contribution in [0.1, 0.15) is 31.2 Å². The molecule has 0 radical (unpaired) electrons. The lowest BCUT2D eigenvalue weighted by Crippen LogP contribution is -2.39. The summed E-state index contributed by atoms with van der Waals surface area (Å²) < 4.78 is 10.3. The summed E-state index contributed by atoms with van der Waals surface area (Å²) in [5.74, 6) is 1.85. The third-order valence-electron chi connectivity index (χ3n) is 4.06. The smallest absolute Gasteiger partial charge is 0.320 e. The molecule has 0 aliphatic rings. The Hall–Kier alpha value is -2.54. The van der Waals surface area contributed by atoms with Gasteiger partial charge >= 0.3 is 6.03 Å². The Kier molecular flexibility index (Phi) is 6.82. The van der Waals surface area contributed by atoms with Crippen LogP contribution in [0.25, 0.3) is 0 Å². The number of anilines is 1. The van der Waals surface area contributed by atoms with Gasteiger partial charge in [-0.2, -0.15) is 0 Å². The number of amides is 2. The zero-order valence-corrected chi connectivity index (χ0v) is 15.2. The average Bonchev–Trinajstić information content (AvgIpc) is 3.03. The summed E-state index contributed by atoms with van der Waals surface area (Å²) in [6, 6.07) is 9.33. The topological polar surface area (TPSA) is 79.6 Å². The second-order valence-electron chi connectivity index (χ2n) is 5.67. The molecule has 7 nitrogen and oxygen atoms in total. The third-order valence-corrected chi connectivity index (χ3v) is 4.06. The number of aromatic nitrogens is 1. The fourth-order valence-corrected chi connectivity index (χ4v) is 2.75. The minimum atomic E-state index is -0.312. The zero-order valence-electron chi connectivity index (χ0n) is 15.2. The van der Waals surface area contributed by atoms with E-state index < -0.39 is 0 Å². The van der Waals surface area contributed by atoms with Crippen LogP contribution in [0, 0.1) is 6.92 Å². The number of carbonyl (C=O) groups is 1. The number of nitrogens with zero attached hydrogens (tertiary/aromatic N) is 2. The molecule has 1 atom stereocenters. The number of nitrogens with one attached hydrogen (secondary N) is 2. The van der Waals surface area contributed by atoms with E-state index in [1.54, 1.807) is 20.1 Å². The second-order valence-corrected chi connectivity index (χ2v) is 5.67. The number of likely N-dealkylation sites (N-methyl/N-ethyl adjacent to an activating group) is 1. The maximum absolute atomic E-state index is 12.1. The van der Waals surface area contributed by atoms with Gasteiger partial charge in [0.25, 0.3) is 0 Å². The number of benzene rings is 1. The van der Waals surface area contributed by atoms with Gasteiger partial charge in [0.1, 0.15) is 11.5 Å². The average molecular weight is 346 g/mol. The molecule has 0 spiro atoms. The lowest BCUT2D eigenvalue weighted by molar-refractivity contribution is 0.209. The van der Waals surface area contributed by atoms with Gasteiger partial charge < -0.3 is 14.6 Å². The second kappa shape index (κ2) is 9.08. The molecule has 136 valence electrons. The molecular weight excluding hydrogens is 320 g/mol. The number of methoxy groups -OCH3 is 1. The van der Waals surface area contributed by atoms with E-state index in [2.05, 4.69) is 34.5 Å². The van der Waals surface area contributed by atoms with E-state index in [9.17, 15) is 4.79 Å². The van der Waals surface area contributed by atoms with Gasteiger partial charge in [-0.25, -0.2) is 4.79 Å². The first-order chi connectivity index (χ1) is 12.1.